The van der Waals surface area contributed by atoms with Crippen molar-refractivity contribution < 1.29 is 32.9 Å². The van der Waals surface area contributed by atoms with E-state index in [0.717, 1.165) is 51.4 Å². The number of aliphatic hydroxyl groups is 1. The van der Waals surface area contributed by atoms with Gasteiger partial charge in [0.2, 0.25) is 5.91 Å². The number of allylic oxidation sites excluding steroid dienone is 9. The number of nitrogens with one attached hydrogen (secondary N) is 1. The summed E-state index contributed by atoms with van der Waals surface area (Å²) in [6.45, 7) is 4.68. The Morgan fingerprint density at radius 1 is 0.642 bits per heavy atom. The third kappa shape index (κ3) is 38.3. The van der Waals surface area contributed by atoms with E-state index in [1.165, 1.54) is 89.9 Å². The number of unbranched alkanes of at least 4 members (excludes halogenated alkanes) is 17. The number of aliphatic hydroxyl groups excluding tert-OH is 1. The SMILES string of the molecule is CCCC/C=C/CC/C=C/CC/C=C/C(O)C(COP(=O)(O)OCC[N+](C)(C)C)NC(=O)CCCCCCCCCCCC/C=C\C=C/CCCCC. The average Bonchev–Trinajstić information content (AvgIpc) is 3.10. The van der Waals surface area contributed by atoms with E-state index in [1.807, 2.05) is 27.2 Å². The van der Waals surface area contributed by atoms with Gasteiger partial charge in [-0.3, -0.25) is 13.8 Å². The minimum absolute atomic E-state index is 0.0504. The number of rotatable bonds is 37. The highest BCUT2D eigenvalue weighted by atomic mass is 31.2. The number of carbonyl (C=O) groups is 1. The summed E-state index contributed by atoms with van der Waals surface area (Å²) >= 11 is 0. The van der Waals surface area contributed by atoms with E-state index in [0.29, 0.717) is 17.4 Å². The van der Waals surface area contributed by atoms with Gasteiger partial charge in [0.25, 0.3) is 0 Å². The van der Waals surface area contributed by atoms with Crippen LogP contribution in [-0.4, -0.2) is 73.4 Å². The molecule has 0 aliphatic heterocycles. The van der Waals surface area contributed by atoms with Crippen molar-refractivity contribution in [1.82, 2.24) is 5.32 Å². The zero-order valence-electron chi connectivity index (χ0n) is 34.7. The molecule has 0 aromatic rings. The lowest BCUT2D eigenvalue weighted by molar-refractivity contribution is -0.870. The number of hydrogen-bond donors (Lipinski definition) is 3. The summed E-state index contributed by atoms with van der Waals surface area (Å²) in [5.41, 5.74) is 0. The van der Waals surface area contributed by atoms with Crippen LogP contribution in [0.3, 0.4) is 0 Å². The van der Waals surface area contributed by atoms with Crippen LogP contribution < -0.4 is 5.32 Å². The molecule has 0 aromatic carbocycles. The predicted molar refractivity (Wildman–Crippen MR) is 226 cm³/mol. The van der Waals surface area contributed by atoms with Crippen molar-refractivity contribution >= 4 is 13.7 Å². The molecule has 0 radical (unpaired) electrons. The highest BCUT2D eigenvalue weighted by Crippen LogP contribution is 2.43. The summed E-state index contributed by atoms with van der Waals surface area (Å²) in [7, 11) is 1.53. The first-order valence-corrected chi connectivity index (χ1v) is 22.7. The normalized spacial score (nSPS) is 15.1. The summed E-state index contributed by atoms with van der Waals surface area (Å²) in [6, 6.07) is -0.871. The number of quaternary nitrogens is 1. The number of likely N-dealkylation sites (N-methyl/N-ethyl adjacent to an activating group) is 1. The molecule has 3 atom stereocenters. The Hall–Kier alpha value is -1.80. The second-order valence-corrected chi connectivity index (χ2v) is 16.8. The highest BCUT2D eigenvalue weighted by molar-refractivity contribution is 7.47. The van der Waals surface area contributed by atoms with Crippen LogP contribution in [0.2, 0.25) is 0 Å². The van der Waals surface area contributed by atoms with Gasteiger partial charge >= 0.3 is 7.82 Å². The first-order chi connectivity index (χ1) is 25.5. The molecule has 1 amide bonds. The van der Waals surface area contributed by atoms with Crippen LogP contribution in [0.1, 0.15) is 162 Å². The topological polar surface area (TPSA) is 105 Å². The molecule has 0 aliphatic rings. The van der Waals surface area contributed by atoms with E-state index < -0.39 is 20.0 Å². The Bertz CT molecular complexity index is 1050. The smallest absolute Gasteiger partial charge is 0.387 e. The second-order valence-electron chi connectivity index (χ2n) is 15.4. The highest BCUT2D eigenvalue weighted by Gasteiger charge is 2.27. The molecule has 0 bridgehead atoms. The largest absolute Gasteiger partial charge is 0.472 e. The second kappa shape index (κ2) is 35.9. The third-order valence-corrected chi connectivity index (χ3v) is 9.95. The third-order valence-electron chi connectivity index (χ3n) is 8.97. The Kier molecular flexibility index (Phi) is 34.7. The van der Waals surface area contributed by atoms with Crippen molar-refractivity contribution in [1.29, 1.82) is 0 Å². The lowest BCUT2D eigenvalue weighted by atomic mass is 10.0. The summed E-state index contributed by atoms with van der Waals surface area (Å²) in [6.07, 6.45) is 45.7. The molecule has 0 saturated carbocycles. The molecule has 3 N–H and O–H groups in total. The van der Waals surface area contributed by atoms with Crippen molar-refractivity contribution in [2.24, 2.45) is 0 Å². The zero-order valence-corrected chi connectivity index (χ0v) is 35.6. The Balaban J connectivity index is 4.46. The molecule has 0 aromatic heterocycles. The molecule has 0 rings (SSSR count). The van der Waals surface area contributed by atoms with Crippen LogP contribution in [0.15, 0.2) is 60.8 Å². The molecule has 0 spiro atoms. The van der Waals surface area contributed by atoms with E-state index in [2.05, 4.69) is 67.8 Å². The molecule has 53 heavy (non-hydrogen) atoms. The lowest BCUT2D eigenvalue weighted by Crippen LogP contribution is -2.45. The number of hydrogen-bond acceptors (Lipinski definition) is 5. The van der Waals surface area contributed by atoms with Crippen molar-refractivity contribution in [3.05, 3.63) is 60.8 Å². The van der Waals surface area contributed by atoms with Crippen molar-refractivity contribution in [2.75, 3.05) is 40.9 Å². The molecule has 0 fully saturated rings. The molecule has 0 aliphatic carbocycles. The maximum absolute atomic E-state index is 12.8. The fourth-order valence-electron chi connectivity index (χ4n) is 5.52. The standard InChI is InChI=1S/C44H81N2O6P/c1-6-8-10-12-14-16-18-20-21-22-23-24-25-26-28-30-32-34-36-38-44(48)45-42(41-52-53(49,50)51-40-39-46(3,4)5)43(47)37-35-33-31-29-27-19-17-15-13-11-9-7-2/h13-16,18,20,27,29,35,37,42-43,47H,6-12,17,19,21-26,28,30-34,36,38-41H2,1-5H3,(H-,45,48,49,50)/p+1/b15-13+,16-14-,20-18-,29-27+,37-35+. The first-order valence-electron chi connectivity index (χ1n) is 21.2. The summed E-state index contributed by atoms with van der Waals surface area (Å²) < 4.78 is 23.5. The van der Waals surface area contributed by atoms with E-state index >= 15 is 0 Å². The number of nitrogens with zero attached hydrogens (tertiary/aromatic N) is 1. The minimum atomic E-state index is -4.35. The van der Waals surface area contributed by atoms with Gasteiger partial charge in [-0.05, 0) is 64.2 Å². The van der Waals surface area contributed by atoms with Gasteiger partial charge in [-0.1, -0.05) is 152 Å². The van der Waals surface area contributed by atoms with Gasteiger partial charge in [0.05, 0.1) is 39.9 Å². The summed E-state index contributed by atoms with van der Waals surface area (Å²) in [5.74, 6) is -0.200. The first kappa shape index (κ1) is 51.2. The van der Waals surface area contributed by atoms with Gasteiger partial charge in [-0.25, -0.2) is 4.57 Å². The van der Waals surface area contributed by atoms with E-state index in [4.69, 9.17) is 9.05 Å². The number of carbonyl (C=O) groups excluding carboxylic acids is 1. The number of phosphoric acid groups is 1. The maximum atomic E-state index is 12.8. The van der Waals surface area contributed by atoms with Crippen molar-refractivity contribution in [3.63, 3.8) is 0 Å². The van der Waals surface area contributed by atoms with Crippen molar-refractivity contribution in [3.8, 4) is 0 Å². The number of amides is 1. The molecular weight excluding hydrogens is 683 g/mol. The summed E-state index contributed by atoms with van der Waals surface area (Å²) in [4.78, 5) is 23.1. The van der Waals surface area contributed by atoms with Crippen LogP contribution in [0.5, 0.6) is 0 Å². The Labute approximate surface area is 326 Å². The quantitative estimate of drug-likeness (QED) is 0.0191. The average molecular weight is 766 g/mol. The van der Waals surface area contributed by atoms with Gasteiger partial charge < -0.3 is 19.8 Å². The summed E-state index contributed by atoms with van der Waals surface area (Å²) in [5, 5.41) is 13.7. The van der Waals surface area contributed by atoms with Crippen LogP contribution >= 0.6 is 7.82 Å². The Morgan fingerprint density at radius 2 is 1.11 bits per heavy atom. The molecule has 3 unspecified atom stereocenters. The van der Waals surface area contributed by atoms with Crippen LogP contribution in [0, 0.1) is 0 Å². The number of phosphoric ester groups is 1. The molecular formula is C44H82N2O6P+. The lowest BCUT2D eigenvalue weighted by Gasteiger charge is -2.25. The van der Waals surface area contributed by atoms with E-state index in [1.54, 1.807) is 6.08 Å². The van der Waals surface area contributed by atoms with Gasteiger partial charge in [-0.2, -0.15) is 0 Å². The van der Waals surface area contributed by atoms with Crippen molar-refractivity contribution in [2.45, 2.75) is 174 Å². The van der Waals surface area contributed by atoms with E-state index in [9.17, 15) is 19.4 Å². The molecule has 0 heterocycles. The zero-order chi connectivity index (χ0) is 39.3. The predicted octanol–water partition coefficient (Wildman–Crippen LogP) is 11.5. The monoisotopic (exact) mass is 766 g/mol. The molecule has 308 valence electrons. The van der Waals surface area contributed by atoms with E-state index in [-0.39, 0.29) is 19.1 Å². The van der Waals surface area contributed by atoms with Crippen LogP contribution in [0.4, 0.5) is 0 Å². The van der Waals surface area contributed by atoms with Crippen LogP contribution in [0.25, 0.3) is 0 Å². The maximum Gasteiger partial charge on any atom is 0.472 e. The fraction of sp³-hybridized carbons (Fsp3) is 0.750. The van der Waals surface area contributed by atoms with Gasteiger partial charge in [-0.15, -0.1) is 0 Å². The minimum Gasteiger partial charge on any atom is -0.387 e. The molecule has 9 heteroatoms. The molecule has 8 nitrogen and oxygen atoms in total. The fourth-order valence-corrected chi connectivity index (χ4v) is 6.25. The van der Waals surface area contributed by atoms with Crippen LogP contribution in [-0.2, 0) is 18.4 Å². The van der Waals surface area contributed by atoms with Gasteiger partial charge in [0.15, 0.2) is 0 Å². The molecule has 0 saturated heterocycles. The Morgan fingerprint density at radius 3 is 1.66 bits per heavy atom. The van der Waals surface area contributed by atoms with Gasteiger partial charge in [0, 0.05) is 6.42 Å². The van der Waals surface area contributed by atoms with Gasteiger partial charge in [0.1, 0.15) is 13.2 Å².